The van der Waals surface area contributed by atoms with E-state index in [1.54, 1.807) is 0 Å². The van der Waals surface area contributed by atoms with E-state index in [4.69, 9.17) is 4.52 Å². The predicted octanol–water partition coefficient (Wildman–Crippen LogP) is 4.32. The lowest BCUT2D eigenvalue weighted by Crippen LogP contribution is -1.93. The molecule has 3 aromatic rings. The Morgan fingerprint density at radius 2 is 1.17 bits per heavy atom. The minimum Gasteiger partial charge on any atom is -0.507 e. The van der Waals surface area contributed by atoms with E-state index < -0.39 is 8.60 Å². The van der Waals surface area contributed by atoms with Gasteiger partial charge in [-0.1, -0.05) is 60.7 Å². The van der Waals surface area contributed by atoms with E-state index in [9.17, 15) is 14.9 Å². The Morgan fingerprint density at radius 3 is 1.70 bits per heavy atom. The molecule has 0 fully saturated rings. The van der Waals surface area contributed by atoms with Crippen LogP contribution in [0.3, 0.4) is 0 Å². The summed E-state index contributed by atoms with van der Waals surface area (Å²) in [6.45, 7) is 0. The maximum Gasteiger partial charge on any atom is 0.391 e. The minimum absolute atomic E-state index is 0.0996. The van der Waals surface area contributed by atoms with Crippen LogP contribution >= 0.6 is 8.60 Å². The Labute approximate surface area is 135 Å². The highest BCUT2D eigenvalue weighted by Gasteiger charge is 2.19. The van der Waals surface area contributed by atoms with Gasteiger partial charge in [0.2, 0.25) is 0 Å². The first kappa shape index (κ1) is 15.5. The Morgan fingerprint density at radius 1 is 0.652 bits per heavy atom. The second kappa shape index (κ2) is 6.80. The number of phenolic OH excluding ortho intramolecular Hbond substituents is 1. The van der Waals surface area contributed by atoms with Gasteiger partial charge in [0.05, 0.1) is 0 Å². The van der Waals surface area contributed by atoms with Gasteiger partial charge in [0.15, 0.2) is 0 Å². The highest BCUT2D eigenvalue weighted by molar-refractivity contribution is 7.39. The number of rotatable bonds is 4. The summed E-state index contributed by atoms with van der Waals surface area (Å²) in [5, 5.41) is 10.4. The Kier molecular flexibility index (Phi) is 4.58. The molecule has 3 aromatic carbocycles. The third-order valence-electron chi connectivity index (χ3n) is 3.45. The zero-order chi connectivity index (χ0) is 16.2. The molecule has 0 radical (unpaired) electrons. The van der Waals surface area contributed by atoms with Crippen LogP contribution in [0.2, 0.25) is 0 Å². The van der Waals surface area contributed by atoms with Crippen molar-refractivity contribution in [2.75, 3.05) is 0 Å². The smallest absolute Gasteiger partial charge is 0.391 e. The topological polar surface area (TPSA) is 69.9 Å². The first-order valence-corrected chi connectivity index (χ1v) is 8.16. The molecule has 0 aliphatic carbocycles. The largest absolute Gasteiger partial charge is 0.507 e. The van der Waals surface area contributed by atoms with Crippen molar-refractivity contribution >= 4 is 8.60 Å². The second-order valence-electron chi connectivity index (χ2n) is 4.91. The number of phenols is 1. The zero-order valence-electron chi connectivity index (χ0n) is 12.1. The summed E-state index contributed by atoms with van der Waals surface area (Å²) in [5.41, 5.74) is 2.84. The third-order valence-corrected chi connectivity index (χ3v) is 3.81. The van der Waals surface area contributed by atoms with Gasteiger partial charge < -0.3 is 19.4 Å². The van der Waals surface area contributed by atoms with E-state index in [1.165, 1.54) is 12.1 Å². The zero-order valence-corrected chi connectivity index (χ0v) is 13.0. The number of hydrogen-bond donors (Lipinski definition) is 3. The molecule has 0 heterocycles. The quantitative estimate of drug-likeness (QED) is 0.625. The van der Waals surface area contributed by atoms with E-state index >= 15 is 0 Å². The fourth-order valence-electron chi connectivity index (χ4n) is 2.53. The van der Waals surface area contributed by atoms with Crippen LogP contribution in [-0.4, -0.2) is 14.9 Å². The van der Waals surface area contributed by atoms with E-state index in [0.717, 1.165) is 11.1 Å². The highest BCUT2D eigenvalue weighted by Crippen LogP contribution is 2.46. The van der Waals surface area contributed by atoms with Crippen LogP contribution in [-0.2, 0) is 0 Å². The SMILES string of the molecule is Oc1ccc(OP(O)O)c(-c2ccccc2)c1-c1ccccc1. The van der Waals surface area contributed by atoms with Gasteiger partial charge in [0, 0.05) is 11.1 Å². The van der Waals surface area contributed by atoms with Gasteiger partial charge in [-0.25, -0.2) is 0 Å². The standard InChI is InChI=1S/C18H15O4P/c19-15-11-12-16(22-23(20)21)18(14-9-5-2-6-10-14)17(15)13-7-3-1-4-8-13/h1-12,19-21H. The average molecular weight is 326 g/mol. The molecule has 0 aromatic heterocycles. The molecule has 0 saturated heterocycles. The second-order valence-corrected chi connectivity index (χ2v) is 5.60. The summed E-state index contributed by atoms with van der Waals surface area (Å²) in [7, 11) is -2.56. The van der Waals surface area contributed by atoms with Crippen molar-refractivity contribution in [2.24, 2.45) is 0 Å². The van der Waals surface area contributed by atoms with Crippen LogP contribution < -0.4 is 4.52 Å². The molecule has 5 heteroatoms. The van der Waals surface area contributed by atoms with E-state index in [1.807, 2.05) is 60.7 Å². The molecule has 116 valence electrons. The van der Waals surface area contributed by atoms with Crippen LogP contribution in [0, 0.1) is 0 Å². The lowest BCUT2D eigenvalue weighted by Gasteiger charge is -2.17. The van der Waals surface area contributed by atoms with Crippen LogP contribution in [0.4, 0.5) is 0 Å². The molecular weight excluding hydrogens is 311 g/mol. The van der Waals surface area contributed by atoms with Gasteiger partial charge in [0.25, 0.3) is 0 Å². The minimum atomic E-state index is -2.56. The third kappa shape index (κ3) is 3.35. The molecule has 0 aliphatic rings. The van der Waals surface area contributed by atoms with Gasteiger partial charge in [-0.05, 0) is 23.3 Å². The van der Waals surface area contributed by atoms with Crippen molar-refractivity contribution in [1.82, 2.24) is 0 Å². The van der Waals surface area contributed by atoms with Crippen molar-refractivity contribution in [3.8, 4) is 33.8 Å². The summed E-state index contributed by atoms with van der Waals surface area (Å²) in [6, 6.07) is 21.8. The Hall–Kier alpha value is -2.39. The molecule has 23 heavy (non-hydrogen) atoms. The monoisotopic (exact) mass is 326 g/mol. The molecule has 0 unspecified atom stereocenters. The fourth-order valence-corrected chi connectivity index (χ4v) is 2.85. The average Bonchev–Trinajstić information content (AvgIpc) is 2.57. The van der Waals surface area contributed by atoms with Crippen molar-refractivity contribution in [2.45, 2.75) is 0 Å². The summed E-state index contributed by atoms with van der Waals surface area (Å²) in [4.78, 5) is 18.5. The molecule has 0 bridgehead atoms. The van der Waals surface area contributed by atoms with Gasteiger partial charge in [-0.2, -0.15) is 0 Å². The normalized spacial score (nSPS) is 10.7. The summed E-state index contributed by atoms with van der Waals surface area (Å²) in [6.07, 6.45) is 0. The first-order chi connectivity index (χ1) is 11.2. The van der Waals surface area contributed by atoms with Crippen molar-refractivity contribution < 1.29 is 19.4 Å². The molecule has 3 rings (SSSR count). The maximum atomic E-state index is 10.4. The van der Waals surface area contributed by atoms with Crippen molar-refractivity contribution in [1.29, 1.82) is 0 Å². The fraction of sp³-hybridized carbons (Fsp3) is 0. The number of hydrogen-bond acceptors (Lipinski definition) is 4. The molecule has 0 atom stereocenters. The molecule has 0 amide bonds. The van der Waals surface area contributed by atoms with Gasteiger partial charge >= 0.3 is 8.60 Å². The molecule has 0 spiro atoms. The Balaban J connectivity index is 2.29. The maximum absolute atomic E-state index is 10.4. The molecule has 0 saturated carbocycles. The van der Waals surface area contributed by atoms with Crippen LogP contribution in [0.15, 0.2) is 72.8 Å². The molecule has 4 nitrogen and oxygen atoms in total. The lowest BCUT2D eigenvalue weighted by atomic mass is 9.93. The van der Waals surface area contributed by atoms with Gasteiger partial charge in [-0.15, -0.1) is 0 Å². The summed E-state index contributed by atoms with van der Waals surface area (Å²) >= 11 is 0. The van der Waals surface area contributed by atoms with Gasteiger partial charge in [-0.3, -0.25) is 0 Å². The van der Waals surface area contributed by atoms with Crippen LogP contribution in [0.25, 0.3) is 22.3 Å². The molecule has 3 N–H and O–H groups in total. The number of aromatic hydroxyl groups is 1. The van der Waals surface area contributed by atoms with Crippen molar-refractivity contribution in [3.05, 3.63) is 72.8 Å². The first-order valence-electron chi connectivity index (χ1n) is 6.99. The Bertz CT molecular complexity index is 789. The van der Waals surface area contributed by atoms with Crippen LogP contribution in [0.5, 0.6) is 11.5 Å². The predicted molar refractivity (Wildman–Crippen MR) is 91.0 cm³/mol. The summed E-state index contributed by atoms with van der Waals surface area (Å²) < 4.78 is 5.18. The lowest BCUT2D eigenvalue weighted by molar-refractivity contribution is 0.375. The number of benzene rings is 3. The van der Waals surface area contributed by atoms with Crippen molar-refractivity contribution in [3.63, 3.8) is 0 Å². The molecular formula is C18H15O4P. The van der Waals surface area contributed by atoms with E-state index in [2.05, 4.69) is 0 Å². The highest BCUT2D eigenvalue weighted by atomic mass is 31.2. The van der Waals surface area contributed by atoms with Gasteiger partial charge in [0.1, 0.15) is 11.5 Å². The van der Waals surface area contributed by atoms with E-state index in [0.29, 0.717) is 16.9 Å². The van der Waals surface area contributed by atoms with Crippen LogP contribution in [0.1, 0.15) is 0 Å². The van der Waals surface area contributed by atoms with E-state index in [-0.39, 0.29) is 5.75 Å². The molecule has 0 aliphatic heterocycles. The summed E-state index contributed by atoms with van der Waals surface area (Å²) in [5.74, 6) is 0.409.